The molecule has 0 fully saturated rings. The summed E-state index contributed by atoms with van der Waals surface area (Å²) in [7, 11) is 0. The van der Waals surface area contributed by atoms with E-state index in [0.717, 1.165) is 24.3 Å². The van der Waals surface area contributed by atoms with Crippen LogP contribution in [0.25, 0.3) is 0 Å². The fourth-order valence-corrected chi connectivity index (χ4v) is 1.42. The van der Waals surface area contributed by atoms with Crippen LogP contribution in [0.2, 0.25) is 0 Å². The highest BCUT2D eigenvalue weighted by molar-refractivity contribution is 5.67. The highest BCUT2D eigenvalue weighted by Gasteiger charge is 2.06. The lowest BCUT2D eigenvalue weighted by atomic mass is 10.2. The van der Waals surface area contributed by atoms with Gasteiger partial charge in [-0.1, -0.05) is 19.1 Å². The minimum absolute atomic E-state index is 0.391. The molecule has 0 spiro atoms. The van der Waals surface area contributed by atoms with Crippen molar-refractivity contribution in [3.05, 3.63) is 24.3 Å². The van der Waals surface area contributed by atoms with Crippen LogP contribution in [-0.4, -0.2) is 13.1 Å². The first-order chi connectivity index (χ1) is 6.79. The second kappa shape index (κ2) is 5.13. The third-order valence-electron chi connectivity index (χ3n) is 2.03. The summed E-state index contributed by atoms with van der Waals surface area (Å²) < 4.78 is 0. The van der Waals surface area contributed by atoms with E-state index >= 15 is 0 Å². The van der Waals surface area contributed by atoms with E-state index in [4.69, 9.17) is 11.0 Å². The van der Waals surface area contributed by atoms with Gasteiger partial charge in [0.25, 0.3) is 0 Å². The monoisotopic (exact) mass is 189 g/mol. The average Bonchev–Trinajstić information content (AvgIpc) is 2.18. The molecule has 2 N–H and O–H groups in total. The molecule has 0 heterocycles. The topological polar surface area (TPSA) is 53.0 Å². The summed E-state index contributed by atoms with van der Waals surface area (Å²) in [6.45, 7) is 3.34. The van der Waals surface area contributed by atoms with Crippen LogP contribution in [0.15, 0.2) is 24.3 Å². The van der Waals surface area contributed by atoms with Crippen LogP contribution in [0.1, 0.15) is 13.3 Å². The summed E-state index contributed by atoms with van der Waals surface area (Å²) in [5.74, 6) is 0. The predicted molar refractivity (Wildman–Crippen MR) is 59.0 cm³/mol. The molecule has 0 unspecified atom stereocenters. The van der Waals surface area contributed by atoms with Gasteiger partial charge in [0.1, 0.15) is 6.54 Å². The van der Waals surface area contributed by atoms with Gasteiger partial charge in [0.15, 0.2) is 0 Å². The summed E-state index contributed by atoms with van der Waals surface area (Å²) in [6, 6.07) is 9.79. The van der Waals surface area contributed by atoms with Crippen LogP contribution in [0, 0.1) is 11.3 Å². The van der Waals surface area contributed by atoms with Gasteiger partial charge in [-0.05, 0) is 18.6 Å². The number of nitriles is 1. The average molecular weight is 189 g/mol. The largest absolute Gasteiger partial charge is 0.397 e. The Morgan fingerprint density at radius 1 is 1.43 bits per heavy atom. The Labute approximate surface area is 84.7 Å². The molecule has 0 amide bonds. The molecule has 0 aromatic heterocycles. The number of nitrogen functional groups attached to an aromatic ring is 1. The first kappa shape index (κ1) is 10.4. The van der Waals surface area contributed by atoms with Gasteiger partial charge in [0.05, 0.1) is 17.4 Å². The summed E-state index contributed by atoms with van der Waals surface area (Å²) >= 11 is 0. The van der Waals surface area contributed by atoms with Crippen molar-refractivity contribution in [2.45, 2.75) is 13.3 Å². The Balaban J connectivity index is 2.88. The lowest BCUT2D eigenvalue weighted by Gasteiger charge is -2.22. The smallest absolute Gasteiger partial charge is 0.105 e. The lowest BCUT2D eigenvalue weighted by molar-refractivity contribution is 0.821. The van der Waals surface area contributed by atoms with Gasteiger partial charge >= 0.3 is 0 Å². The quantitative estimate of drug-likeness (QED) is 0.582. The van der Waals surface area contributed by atoms with E-state index in [0.29, 0.717) is 6.54 Å². The van der Waals surface area contributed by atoms with Crippen LogP contribution in [0.5, 0.6) is 0 Å². The molecule has 1 rings (SSSR count). The second-order valence-corrected chi connectivity index (χ2v) is 3.14. The van der Waals surface area contributed by atoms with E-state index < -0.39 is 0 Å². The maximum atomic E-state index is 8.68. The number of anilines is 2. The van der Waals surface area contributed by atoms with Gasteiger partial charge in [-0.25, -0.2) is 0 Å². The highest BCUT2D eigenvalue weighted by Crippen LogP contribution is 2.21. The molecule has 14 heavy (non-hydrogen) atoms. The molecule has 1 aromatic rings. The zero-order chi connectivity index (χ0) is 10.4. The van der Waals surface area contributed by atoms with Crippen molar-refractivity contribution < 1.29 is 0 Å². The number of rotatable bonds is 4. The van der Waals surface area contributed by atoms with E-state index in [9.17, 15) is 0 Å². The molecule has 0 saturated heterocycles. The van der Waals surface area contributed by atoms with Crippen LogP contribution >= 0.6 is 0 Å². The molecule has 0 aliphatic carbocycles. The molecule has 0 radical (unpaired) electrons. The number of hydrogen-bond acceptors (Lipinski definition) is 3. The van der Waals surface area contributed by atoms with Gasteiger partial charge < -0.3 is 10.6 Å². The van der Waals surface area contributed by atoms with Gasteiger partial charge in [0, 0.05) is 6.54 Å². The summed E-state index contributed by atoms with van der Waals surface area (Å²) in [4.78, 5) is 2.00. The van der Waals surface area contributed by atoms with Crippen LogP contribution < -0.4 is 10.6 Å². The van der Waals surface area contributed by atoms with Crippen molar-refractivity contribution >= 4 is 11.4 Å². The van der Waals surface area contributed by atoms with E-state index in [1.165, 1.54) is 0 Å². The van der Waals surface area contributed by atoms with Gasteiger partial charge in [-0.2, -0.15) is 5.26 Å². The summed E-state index contributed by atoms with van der Waals surface area (Å²) in [6.07, 6.45) is 1.01. The number of benzene rings is 1. The zero-order valence-corrected chi connectivity index (χ0v) is 8.40. The molecule has 0 aliphatic rings. The van der Waals surface area contributed by atoms with Crippen molar-refractivity contribution in [1.82, 2.24) is 0 Å². The maximum Gasteiger partial charge on any atom is 0.105 e. The number of nitrogens with zero attached hydrogens (tertiary/aromatic N) is 2. The molecule has 1 aromatic carbocycles. The minimum atomic E-state index is 0.391. The SMILES string of the molecule is CCCN(CC#N)c1ccccc1N. The van der Waals surface area contributed by atoms with Crippen molar-refractivity contribution in [2.24, 2.45) is 0 Å². The molecule has 0 saturated carbocycles. The predicted octanol–water partition coefficient (Wildman–Crippen LogP) is 2.01. The maximum absolute atomic E-state index is 8.68. The molecule has 3 heteroatoms. The molecule has 0 atom stereocenters. The summed E-state index contributed by atoms with van der Waals surface area (Å²) in [5.41, 5.74) is 7.52. The fraction of sp³-hybridized carbons (Fsp3) is 0.364. The van der Waals surface area contributed by atoms with E-state index in [-0.39, 0.29) is 0 Å². The number of nitrogens with two attached hydrogens (primary N) is 1. The lowest BCUT2D eigenvalue weighted by Crippen LogP contribution is -2.25. The van der Waals surface area contributed by atoms with E-state index in [1.54, 1.807) is 0 Å². The summed E-state index contributed by atoms with van der Waals surface area (Å²) in [5, 5.41) is 8.68. The first-order valence-electron chi connectivity index (χ1n) is 4.76. The zero-order valence-electron chi connectivity index (χ0n) is 8.40. The molecule has 74 valence electrons. The van der Waals surface area contributed by atoms with Crippen molar-refractivity contribution in [3.8, 4) is 6.07 Å². The number of para-hydroxylation sites is 2. The molecule has 0 aliphatic heterocycles. The number of hydrogen-bond donors (Lipinski definition) is 1. The highest BCUT2D eigenvalue weighted by atomic mass is 15.1. The Morgan fingerprint density at radius 2 is 2.14 bits per heavy atom. The second-order valence-electron chi connectivity index (χ2n) is 3.14. The Morgan fingerprint density at radius 3 is 2.71 bits per heavy atom. The fourth-order valence-electron chi connectivity index (χ4n) is 1.42. The molecule has 3 nitrogen and oxygen atoms in total. The third kappa shape index (κ3) is 2.40. The first-order valence-corrected chi connectivity index (χ1v) is 4.76. The van der Waals surface area contributed by atoms with E-state index in [2.05, 4.69) is 13.0 Å². The van der Waals surface area contributed by atoms with Gasteiger partial charge in [-0.15, -0.1) is 0 Å². The van der Waals surface area contributed by atoms with Crippen LogP contribution in [-0.2, 0) is 0 Å². The minimum Gasteiger partial charge on any atom is -0.397 e. The van der Waals surface area contributed by atoms with Crippen LogP contribution in [0.4, 0.5) is 11.4 Å². The van der Waals surface area contributed by atoms with Crippen molar-refractivity contribution in [2.75, 3.05) is 23.7 Å². The molecule has 0 bridgehead atoms. The standard InChI is InChI=1S/C11H15N3/c1-2-8-14(9-7-12)11-6-4-3-5-10(11)13/h3-6H,2,8-9,13H2,1H3. The van der Waals surface area contributed by atoms with Crippen molar-refractivity contribution in [3.63, 3.8) is 0 Å². The van der Waals surface area contributed by atoms with Gasteiger partial charge in [0.2, 0.25) is 0 Å². The van der Waals surface area contributed by atoms with Crippen molar-refractivity contribution in [1.29, 1.82) is 5.26 Å². The Hall–Kier alpha value is -1.69. The van der Waals surface area contributed by atoms with Crippen LogP contribution in [0.3, 0.4) is 0 Å². The molecular formula is C11H15N3. The van der Waals surface area contributed by atoms with Gasteiger partial charge in [-0.3, -0.25) is 0 Å². The Kier molecular flexibility index (Phi) is 3.81. The normalized spacial score (nSPS) is 9.43. The van der Waals surface area contributed by atoms with E-state index in [1.807, 2.05) is 29.2 Å². The third-order valence-corrected chi connectivity index (χ3v) is 2.03. The Bertz CT molecular complexity index is 328. The molecular weight excluding hydrogens is 174 g/mol.